The molecule has 70 valence electrons. The van der Waals surface area contributed by atoms with Crippen molar-refractivity contribution in [3.8, 4) is 5.75 Å². The Hall–Kier alpha value is -0.730. The molecule has 0 N–H and O–H groups in total. The van der Waals surface area contributed by atoms with Crippen molar-refractivity contribution in [2.24, 2.45) is 0 Å². The van der Waals surface area contributed by atoms with Crippen molar-refractivity contribution < 1.29 is 9.47 Å². The topological polar surface area (TPSA) is 21.8 Å². The summed E-state index contributed by atoms with van der Waals surface area (Å²) >= 11 is 5.93. The first-order valence-corrected chi connectivity index (χ1v) is 4.71. The first-order chi connectivity index (χ1) is 6.26. The molecule has 1 aromatic rings. The predicted octanol–water partition coefficient (Wildman–Crippen LogP) is 2.86. The minimum absolute atomic E-state index is 0.398. The Morgan fingerprint density at radius 3 is 2.77 bits per heavy atom. The molecule has 3 heteroatoms. The normalized spacial score (nSPS) is 25.7. The summed E-state index contributed by atoms with van der Waals surface area (Å²) in [5.41, 5.74) is 0. The van der Waals surface area contributed by atoms with Gasteiger partial charge in [0.15, 0.2) is 0 Å². The standard InChI is InChI=1S/C10H11ClO2/c1-2-10(7-12-10)13-9-6-4-3-5-8(9)11/h3-6H,2,7H2,1H3. The summed E-state index contributed by atoms with van der Waals surface area (Å²) in [5.74, 6) is 0.300. The fourth-order valence-corrected chi connectivity index (χ4v) is 1.32. The summed E-state index contributed by atoms with van der Waals surface area (Å²) in [6.07, 6.45) is 0.845. The van der Waals surface area contributed by atoms with Crippen LogP contribution < -0.4 is 4.74 Å². The Morgan fingerprint density at radius 2 is 2.23 bits per heavy atom. The average molecular weight is 199 g/mol. The first-order valence-electron chi connectivity index (χ1n) is 4.33. The molecule has 2 nitrogen and oxygen atoms in total. The van der Waals surface area contributed by atoms with Gasteiger partial charge in [-0.25, -0.2) is 0 Å². The van der Waals surface area contributed by atoms with E-state index in [2.05, 4.69) is 0 Å². The van der Waals surface area contributed by atoms with Gasteiger partial charge in [0.2, 0.25) is 5.79 Å². The van der Waals surface area contributed by atoms with E-state index in [1.165, 1.54) is 0 Å². The van der Waals surface area contributed by atoms with Gasteiger partial charge in [-0.1, -0.05) is 30.7 Å². The molecular formula is C10H11ClO2. The monoisotopic (exact) mass is 198 g/mol. The van der Waals surface area contributed by atoms with Crippen LogP contribution in [0.2, 0.25) is 5.02 Å². The third-order valence-corrected chi connectivity index (χ3v) is 2.45. The van der Waals surface area contributed by atoms with E-state index in [9.17, 15) is 0 Å². The molecular weight excluding hydrogens is 188 g/mol. The number of hydrogen-bond donors (Lipinski definition) is 0. The van der Waals surface area contributed by atoms with Gasteiger partial charge in [-0.3, -0.25) is 0 Å². The van der Waals surface area contributed by atoms with Crippen molar-refractivity contribution in [2.75, 3.05) is 6.61 Å². The molecule has 1 saturated heterocycles. The Bertz CT molecular complexity index is 308. The Labute approximate surface area is 82.4 Å². The van der Waals surface area contributed by atoms with E-state index in [1.54, 1.807) is 0 Å². The Kier molecular flexibility index (Phi) is 2.18. The fraction of sp³-hybridized carbons (Fsp3) is 0.400. The zero-order chi connectivity index (χ0) is 9.31. The lowest BCUT2D eigenvalue weighted by Gasteiger charge is -2.13. The lowest BCUT2D eigenvalue weighted by molar-refractivity contribution is 0.0586. The quantitative estimate of drug-likeness (QED) is 0.697. The van der Waals surface area contributed by atoms with E-state index in [4.69, 9.17) is 21.1 Å². The van der Waals surface area contributed by atoms with Gasteiger partial charge >= 0.3 is 0 Å². The maximum atomic E-state index is 5.93. The van der Waals surface area contributed by atoms with Crippen LogP contribution in [0.15, 0.2) is 24.3 Å². The van der Waals surface area contributed by atoms with E-state index in [1.807, 2.05) is 31.2 Å². The average Bonchev–Trinajstić information content (AvgIpc) is 2.90. The lowest BCUT2D eigenvalue weighted by atomic mass is 10.3. The van der Waals surface area contributed by atoms with Crippen LogP contribution in [0.3, 0.4) is 0 Å². The van der Waals surface area contributed by atoms with Gasteiger partial charge in [0.1, 0.15) is 12.4 Å². The van der Waals surface area contributed by atoms with Crippen molar-refractivity contribution in [2.45, 2.75) is 19.1 Å². The highest BCUT2D eigenvalue weighted by Gasteiger charge is 2.46. The SMILES string of the molecule is CCC1(Oc2ccccc2Cl)CO1. The van der Waals surface area contributed by atoms with E-state index in [0.717, 1.165) is 6.42 Å². The van der Waals surface area contributed by atoms with Gasteiger partial charge in [0.05, 0.1) is 5.02 Å². The highest BCUT2D eigenvalue weighted by molar-refractivity contribution is 6.32. The smallest absolute Gasteiger partial charge is 0.234 e. The van der Waals surface area contributed by atoms with Gasteiger partial charge in [0, 0.05) is 6.42 Å². The number of para-hydroxylation sites is 1. The molecule has 1 atom stereocenters. The molecule has 13 heavy (non-hydrogen) atoms. The van der Waals surface area contributed by atoms with Crippen LogP contribution in [0.5, 0.6) is 5.75 Å². The van der Waals surface area contributed by atoms with Crippen LogP contribution >= 0.6 is 11.6 Å². The van der Waals surface area contributed by atoms with Gasteiger partial charge < -0.3 is 9.47 Å². The lowest BCUT2D eigenvalue weighted by Crippen LogP contribution is -2.18. The first kappa shape index (κ1) is 8.85. The molecule has 0 aromatic heterocycles. The zero-order valence-corrected chi connectivity index (χ0v) is 8.17. The van der Waals surface area contributed by atoms with Crippen molar-refractivity contribution in [3.63, 3.8) is 0 Å². The van der Waals surface area contributed by atoms with Gasteiger partial charge in [-0.15, -0.1) is 0 Å². The number of hydrogen-bond acceptors (Lipinski definition) is 2. The highest BCUT2D eigenvalue weighted by Crippen LogP contribution is 2.36. The minimum atomic E-state index is -0.398. The van der Waals surface area contributed by atoms with Crippen LogP contribution in [0.25, 0.3) is 0 Å². The zero-order valence-electron chi connectivity index (χ0n) is 7.42. The van der Waals surface area contributed by atoms with E-state index >= 15 is 0 Å². The van der Waals surface area contributed by atoms with Crippen LogP contribution in [0, 0.1) is 0 Å². The molecule has 1 heterocycles. The summed E-state index contributed by atoms with van der Waals surface area (Å²) < 4.78 is 10.9. The number of rotatable bonds is 3. The van der Waals surface area contributed by atoms with Crippen LogP contribution in [0.4, 0.5) is 0 Å². The van der Waals surface area contributed by atoms with Gasteiger partial charge in [0.25, 0.3) is 0 Å². The summed E-state index contributed by atoms with van der Waals surface area (Å²) in [6, 6.07) is 7.43. The molecule has 1 aliphatic rings. The van der Waals surface area contributed by atoms with Crippen LogP contribution in [-0.2, 0) is 4.74 Å². The molecule has 1 fully saturated rings. The number of ether oxygens (including phenoxy) is 2. The molecule has 0 aliphatic carbocycles. The predicted molar refractivity (Wildman–Crippen MR) is 51.1 cm³/mol. The number of epoxide rings is 1. The third-order valence-electron chi connectivity index (χ3n) is 2.14. The second-order valence-corrected chi connectivity index (χ2v) is 3.49. The van der Waals surface area contributed by atoms with Gasteiger partial charge in [-0.2, -0.15) is 0 Å². The van der Waals surface area contributed by atoms with Gasteiger partial charge in [-0.05, 0) is 12.1 Å². The second kappa shape index (κ2) is 3.20. The van der Waals surface area contributed by atoms with E-state index in [0.29, 0.717) is 17.4 Å². The molecule has 0 saturated carbocycles. The Morgan fingerprint density at radius 1 is 1.54 bits per heavy atom. The number of benzene rings is 1. The molecule has 0 spiro atoms. The fourth-order valence-electron chi connectivity index (χ4n) is 1.14. The molecule has 1 aliphatic heterocycles. The molecule has 1 aromatic carbocycles. The maximum absolute atomic E-state index is 5.93. The van der Waals surface area contributed by atoms with Crippen molar-refractivity contribution in [1.82, 2.24) is 0 Å². The van der Waals surface area contributed by atoms with Crippen molar-refractivity contribution in [3.05, 3.63) is 29.3 Å². The maximum Gasteiger partial charge on any atom is 0.234 e. The van der Waals surface area contributed by atoms with E-state index in [-0.39, 0.29) is 0 Å². The third kappa shape index (κ3) is 1.79. The van der Waals surface area contributed by atoms with Crippen molar-refractivity contribution in [1.29, 1.82) is 0 Å². The summed E-state index contributed by atoms with van der Waals surface area (Å²) in [5, 5.41) is 0.630. The summed E-state index contributed by atoms with van der Waals surface area (Å²) in [4.78, 5) is 0. The molecule has 2 rings (SSSR count). The van der Waals surface area contributed by atoms with Crippen LogP contribution in [0.1, 0.15) is 13.3 Å². The molecule has 0 radical (unpaired) electrons. The molecule has 0 amide bonds. The highest BCUT2D eigenvalue weighted by atomic mass is 35.5. The minimum Gasteiger partial charge on any atom is -0.458 e. The molecule has 0 bridgehead atoms. The number of halogens is 1. The largest absolute Gasteiger partial charge is 0.458 e. The summed E-state index contributed by atoms with van der Waals surface area (Å²) in [7, 11) is 0. The van der Waals surface area contributed by atoms with Crippen LogP contribution in [-0.4, -0.2) is 12.4 Å². The summed E-state index contributed by atoms with van der Waals surface area (Å²) in [6.45, 7) is 2.69. The Balaban J connectivity index is 2.14. The van der Waals surface area contributed by atoms with Crippen molar-refractivity contribution >= 4 is 11.6 Å². The molecule has 1 unspecified atom stereocenters. The second-order valence-electron chi connectivity index (χ2n) is 3.09. The van der Waals surface area contributed by atoms with E-state index < -0.39 is 5.79 Å².